The van der Waals surface area contributed by atoms with Crippen LogP contribution in [0.2, 0.25) is 0 Å². The molecule has 1 N–H and O–H groups in total. The van der Waals surface area contributed by atoms with Gasteiger partial charge in [-0.25, -0.2) is 17.5 Å². The lowest BCUT2D eigenvalue weighted by molar-refractivity contribution is 0.0137. The Labute approximate surface area is 178 Å². The highest BCUT2D eigenvalue weighted by atomic mass is 127. The fraction of sp³-hybridized carbons (Fsp3) is 0.875. The van der Waals surface area contributed by atoms with Gasteiger partial charge in [-0.15, -0.1) is 24.0 Å². The predicted octanol–water partition coefficient (Wildman–Crippen LogP) is 0.520. The summed E-state index contributed by atoms with van der Waals surface area (Å²) in [6, 6.07) is 0.147. The van der Waals surface area contributed by atoms with Crippen molar-refractivity contribution in [3.63, 3.8) is 0 Å². The summed E-state index contributed by atoms with van der Waals surface area (Å²) in [5, 5.41) is 3.26. The molecule has 1 unspecified atom stereocenters. The maximum Gasteiger partial charge on any atom is 0.410 e. The number of hydrogen-bond donors (Lipinski definition) is 1. The first kappa shape index (κ1) is 22.5. The van der Waals surface area contributed by atoms with Gasteiger partial charge >= 0.3 is 6.09 Å². The zero-order chi connectivity index (χ0) is 18.9. The van der Waals surface area contributed by atoms with Crippen LogP contribution in [0.4, 0.5) is 4.79 Å². The van der Waals surface area contributed by atoms with Crippen LogP contribution in [0.15, 0.2) is 4.99 Å². The van der Waals surface area contributed by atoms with Gasteiger partial charge in [-0.2, -0.15) is 0 Å². The molecule has 0 aromatic carbocycles. The van der Waals surface area contributed by atoms with E-state index in [-0.39, 0.29) is 41.9 Å². The van der Waals surface area contributed by atoms with Gasteiger partial charge in [0.15, 0.2) is 5.96 Å². The van der Waals surface area contributed by atoms with Gasteiger partial charge in [0, 0.05) is 39.3 Å². The van der Waals surface area contributed by atoms with Crippen molar-refractivity contribution < 1.29 is 17.9 Å². The molecule has 0 radical (unpaired) electrons. The number of nitrogens with zero attached hydrogens (tertiary/aromatic N) is 4. The minimum Gasteiger partial charge on any atom is -0.444 e. The summed E-state index contributed by atoms with van der Waals surface area (Å²) in [6.45, 7) is 9.69. The van der Waals surface area contributed by atoms with Crippen LogP contribution < -0.4 is 5.32 Å². The number of carbonyl (C=O) groups is 1. The molecule has 3 aliphatic heterocycles. The first-order chi connectivity index (χ1) is 12.2. The standard InChI is InChI=1S/C16H29N5O4S.HI/c1-16(2,3)25-15(22)19-8-9-21-13(12-19)11-18-14(21)17-5-7-20-6-4-10-26(20,23)24;/h13H,4-12H2,1-3H3,(H,17,18);1H. The number of rotatable bonds is 3. The summed E-state index contributed by atoms with van der Waals surface area (Å²) in [7, 11) is -3.06. The largest absolute Gasteiger partial charge is 0.444 e. The first-order valence-corrected chi connectivity index (χ1v) is 10.8. The number of nitrogens with one attached hydrogen (secondary N) is 1. The van der Waals surface area contributed by atoms with Crippen molar-refractivity contribution in [3.05, 3.63) is 0 Å². The predicted molar refractivity (Wildman–Crippen MR) is 114 cm³/mol. The van der Waals surface area contributed by atoms with Gasteiger partial charge in [-0.05, 0) is 27.2 Å². The molecule has 0 aromatic rings. The molecule has 2 saturated heterocycles. The molecular formula is C16H30IN5O4S. The third kappa shape index (κ3) is 5.59. The molecule has 1 atom stereocenters. The molecule has 0 aliphatic carbocycles. The van der Waals surface area contributed by atoms with E-state index in [1.54, 1.807) is 4.90 Å². The minimum absolute atomic E-state index is 0. The highest BCUT2D eigenvalue weighted by molar-refractivity contribution is 14.0. The average Bonchev–Trinajstić information content (AvgIpc) is 3.08. The molecule has 11 heteroatoms. The van der Waals surface area contributed by atoms with Gasteiger partial charge in [0.05, 0.1) is 18.3 Å². The molecule has 0 aromatic heterocycles. The van der Waals surface area contributed by atoms with E-state index in [1.165, 1.54) is 4.31 Å². The molecule has 9 nitrogen and oxygen atoms in total. The number of carbonyl (C=O) groups excluding carboxylic acids is 1. The van der Waals surface area contributed by atoms with E-state index in [0.717, 1.165) is 5.96 Å². The molecule has 27 heavy (non-hydrogen) atoms. The second-order valence-electron chi connectivity index (χ2n) is 7.93. The Morgan fingerprint density at radius 2 is 2.04 bits per heavy atom. The molecule has 0 saturated carbocycles. The highest BCUT2D eigenvalue weighted by Crippen LogP contribution is 2.18. The van der Waals surface area contributed by atoms with Gasteiger partial charge in [-0.3, -0.25) is 4.99 Å². The Morgan fingerprint density at radius 1 is 1.30 bits per heavy atom. The van der Waals surface area contributed by atoms with Crippen LogP contribution in [0.5, 0.6) is 0 Å². The Kier molecular flexibility index (Phi) is 7.22. The summed E-state index contributed by atoms with van der Waals surface area (Å²) in [5.74, 6) is 1.05. The van der Waals surface area contributed by atoms with Crippen molar-refractivity contribution in [1.29, 1.82) is 0 Å². The maximum absolute atomic E-state index is 12.2. The molecule has 2 fully saturated rings. The minimum atomic E-state index is -3.06. The van der Waals surface area contributed by atoms with E-state index >= 15 is 0 Å². The van der Waals surface area contributed by atoms with Crippen molar-refractivity contribution in [1.82, 2.24) is 19.4 Å². The first-order valence-electron chi connectivity index (χ1n) is 9.16. The monoisotopic (exact) mass is 515 g/mol. The summed E-state index contributed by atoms with van der Waals surface area (Å²) < 4.78 is 30.6. The fourth-order valence-corrected chi connectivity index (χ4v) is 4.99. The number of halogens is 1. The lowest BCUT2D eigenvalue weighted by Gasteiger charge is -2.39. The normalized spacial score (nSPS) is 24.9. The van der Waals surface area contributed by atoms with Crippen molar-refractivity contribution in [2.45, 2.75) is 38.8 Å². The fourth-order valence-electron chi connectivity index (χ4n) is 3.46. The topological polar surface area (TPSA) is 94.5 Å². The van der Waals surface area contributed by atoms with E-state index in [4.69, 9.17) is 4.74 Å². The molecule has 0 spiro atoms. The molecule has 0 bridgehead atoms. The zero-order valence-corrected chi connectivity index (χ0v) is 19.3. The number of ether oxygens (including phenoxy) is 1. The van der Waals surface area contributed by atoms with E-state index in [1.807, 2.05) is 20.8 Å². The van der Waals surface area contributed by atoms with Gasteiger partial charge < -0.3 is 19.9 Å². The summed E-state index contributed by atoms with van der Waals surface area (Å²) >= 11 is 0. The smallest absolute Gasteiger partial charge is 0.410 e. The average molecular weight is 515 g/mol. The SMILES string of the molecule is CC(C)(C)OC(=O)N1CCN2C(NCCN3CCCS3(=O)=O)=NCC2C1.I. The van der Waals surface area contributed by atoms with E-state index in [2.05, 4.69) is 15.2 Å². The summed E-state index contributed by atoms with van der Waals surface area (Å²) in [5.41, 5.74) is -0.497. The number of piperazine rings is 1. The van der Waals surface area contributed by atoms with Crippen molar-refractivity contribution in [2.75, 3.05) is 51.6 Å². The van der Waals surface area contributed by atoms with Crippen molar-refractivity contribution in [3.8, 4) is 0 Å². The van der Waals surface area contributed by atoms with Crippen LogP contribution in [-0.4, -0.2) is 97.8 Å². The van der Waals surface area contributed by atoms with Crippen molar-refractivity contribution in [2.24, 2.45) is 4.99 Å². The molecule has 3 heterocycles. The van der Waals surface area contributed by atoms with Gasteiger partial charge in [0.2, 0.25) is 10.0 Å². The second-order valence-corrected chi connectivity index (χ2v) is 10.0. The molecular weight excluding hydrogens is 485 g/mol. The quantitative estimate of drug-likeness (QED) is 0.551. The van der Waals surface area contributed by atoms with Crippen molar-refractivity contribution >= 4 is 46.1 Å². The van der Waals surface area contributed by atoms with Crippen LogP contribution in [0.3, 0.4) is 0 Å². The molecule has 1 amide bonds. The number of sulfonamides is 1. The number of aliphatic imine (C=N–C) groups is 1. The highest BCUT2D eigenvalue weighted by Gasteiger charge is 2.36. The number of fused-ring (bicyclic) bond motifs is 1. The number of guanidine groups is 1. The van der Waals surface area contributed by atoms with Gasteiger partial charge in [-0.1, -0.05) is 0 Å². The Hall–Kier alpha value is -0.820. The van der Waals surface area contributed by atoms with Gasteiger partial charge in [0.25, 0.3) is 0 Å². The van der Waals surface area contributed by atoms with Gasteiger partial charge in [0.1, 0.15) is 5.60 Å². The van der Waals surface area contributed by atoms with Crippen LogP contribution in [-0.2, 0) is 14.8 Å². The third-order valence-corrected chi connectivity index (χ3v) is 6.66. The Bertz CT molecular complexity index is 679. The third-order valence-electron chi connectivity index (χ3n) is 4.71. The summed E-state index contributed by atoms with van der Waals surface area (Å²) in [6.07, 6.45) is 0.427. The molecule has 3 aliphatic rings. The van der Waals surface area contributed by atoms with Crippen LogP contribution >= 0.6 is 24.0 Å². The lowest BCUT2D eigenvalue weighted by atomic mass is 10.2. The zero-order valence-electron chi connectivity index (χ0n) is 16.2. The second kappa shape index (κ2) is 8.68. The van der Waals surface area contributed by atoms with Crippen LogP contribution in [0.25, 0.3) is 0 Å². The number of hydrogen-bond acceptors (Lipinski definition) is 7. The van der Waals surface area contributed by atoms with E-state index in [0.29, 0.717) is 52.2 Å². The lowest BCUT2D eigenvalue weighted by Crippen LogP contribution is -2.57. The van der Waals surface area contributed by atoms with E-state index in [9.17, 15) is 13.2 Å². The Morgan fingerprint density at radius 3 is 2.67 bits per heavy atom. The summed E-state index contributed by atoms with van der Waals surface area (Å²) in [4.78, 5) is 20.7. The number of amides is 1. The molecule has 3 rings (SSSR count). The Balaban J connectivity index is 0.00000261. The van der Waals surface area contributed by atoms with Crippen LogP contribution in [0.1, 0.15) is 27.2 Å². The molecule has 156 valence electrons. The van der Waals surface area contributed by atoms with Crippen LogP contribution in [0, 0.1) is 0 Å². The maximum atomic E-state index is 12.2. The van der Waals surface area contributed by atoms with E-state index < -0.39 is 15.6 Å².